The van der Waals surface area contributed by atoms with Crippen molar-refractivity contribution in [2.45, 2.75) is 37.2 Å². The second kappa shape index (κ2) is 12.9. The highest BCUT2D eigenvalue weighted by atomic mass is 32.2. The first-order chi connectivity index (χ1) is 20.3. The largest absolute Gasteiger partial charge is 0.312 e. The van der Waals surface area contributed by atoms with Crippen molar-refractivity contribution >= 4 is 15.7 Å². The van der Waals surface area contributed by atoms with Crippen molar-refractivity contribution in [1.29, 1.82) is 0 Å². The summed E-state index contributed by atoms with van der Waals surface area (Å²) in [4.78, 5) is 10.8. The molecular formula is C32H31N5O4S. The third-order valence-electron chi connectivity index (χ3n) is 7.24. The molecule has 0 N–H and O–H groups in total. The lowest BCUT2D eigenvalue weighted by Crippen LogP contribution is -2.33. The van der Waals surface area contributed by atoms with E-state index in [1.165, 1.54) is 16.4 Å². The molecule has 0 saturated heterocycles. The van der Waals surface area contributed by atoms with Crippen LogP contribution >= 0.6 is 0 Å². The summed E-state index contributed by atoms with van der Waals surface area (Å²) in [6, 6.07) is 33.3. The number of non-ortho nitro benzene ring substituents is 1. The van der Waals surface area contributed by atoms with Crippen molar-refractivity contribution in [3.05, 3.63) is 154 Å². The van der Waals surface area contributed by atoms with Crippen LogP contribution in [0, 0.1) is 17.0 Å². The molecular weight excluding hydrogens is 550 g/mol. The smallest absolute Gasteiger partial charge is 0.269 e. The Morgan fingerprint density at radius 2 is 1.45 bits per heavy atom. The van der Waals surface area contributed by atoms with Gasteiger partial charge >= 0.3 is 0 Å². The molecule has 0 spiro atoms. The average Bonchev–Trinajstić information content (AvgIpc) is 3.44. The molecule has 214 valence electrons. The SMILES string of the molecule is Cc1ccc(S(=O)(=O)N(CCC(c2ccccc2)c2ccccc2)Cc2nncn2Cc2ccc([N+](=O)[O-])cc2)cc1. The van der Waals surface area contributed by atoms with Crippen molar-refractivity contribution in [2.75, 3.05) is 6.54 Å². The molecule has 0 unspecified atom stereocenters. The number of sulfonamides is 1. The van der Waals surface area contributed by atoms with Crippen molar-refractivity contribution in [3.8, 4) is 0 Å². The normalized spacial score (nSPS) is 11.7. The summed E-state index contributed by atoms with van der Waals surface area (Å²) in [5, 5.41) is 19.4. The molecule has 5 rings (SSSR count). The van der Waals surface area contributed by atoms with E-state index in [-0.39, 0.29) is 29.6 Å². The van der Waals surface area contributed by atoms with Gasteiger partial charge in [-0.2, -0.15) is 4.31 Å². The zero-order valence-corrected chi connectivity index (χ0v) is 24.0. The van der Waals surface area contributed by atoms with Crippen LogP contribution < -0.4 is 0 Å². The summed E-state index contributed by atoms with van der Waals surface area (Å²) < 4.78 is 31.3. The predicted octanol–water partition coefficient (Wildman–Crippen LogP) is 5.96. The Balaban J connectivity index is 1.45. The number of nitrogens with zero attached hydrogens (tertiary/aromatic N) is 5. The van der Waals surface area contributed by atoms with E-state index >= 15 is 0 Å². The minimum Gasteiger partial charge on any atom is -0.312 e. The second-order valence-corrected chi connectivity index (χ2v) is 12.1. The van der Waals surface area contributed by atoms with Crippen molar-refractivity contribution in [2.24, 2.45) is 0 Å². The molecule has 0 radical (unpaired) electrons. The van der Waals surface area contributed by atoms with Crippen LogP contribution in [-0.2, 0) is 23.1 Å². The summed E-state index contributed by atoms with van der Waals surface area (Å²) in [7, 11) is -3.88. The molecule has 0 amide bonds. The van der Waals surface area contributed by atoms with Gasteiger partial charge in [-0.3, -0.25) is 10.1 Å². The number of aromatic nitrogens is 3. The van der Waals surface area contributed by atoms with Crippen LogP contribution in [0.2, 0.25) is 0 Å². The molecule has 9 nitrogen and oxygen atoms in total. The zero-order chi connectivity index (χ0) is 29.5. The van der Waals surface area contributed by atoms with E-state index in [4.69, 9.17) is 0 Å². The van der Waals surface area contributed by atoms with Crippen LogP contribution in [0.1, 0.15) is 40.4 Å². The summed E-state index contributed by atoms with van der Waals surface area (Å²) in [5.74, 6) is 0.459. The number of nitro groups is 1. The van der Waals surface area contributed by atoms with Gasteiger partial charge in [0.1, 0.15) is 12.2 Å². The van der Waals surface area contributed by atoms with E-state index in [1.807, 2.05) is 43.3 Å². The highest BCUT2D eigenvalue weighted by Crippen LogP contribution is 2.30. The molecule has 4 aromatic carbocycles. The highest BCUT2D eigenvalue weighted by molar-refractivity contribution is 7.89. The van der Waals surface area contributed by atoms with Crippen LogP contribution in [0.5, 0.6) is 0 Å². The molecule has 0 aliphatic carbocycles. The third kappa shape index (κ3) is 6.79. The first-order valence-electron chi connectivity index (χ1n) is 13.6. The van der Waals surface area contributed by atoms with Crippen molar-refractivity contribution in [3.63, 3.8) is 0 Å². The monoisotopic (exact) mass is 581 g/mol. The Morgan fingerprint density at radius 3 is 2.02 bits per heavy atom. The molecule has 1 heterocycles. The van der Waals surface area contributed by atoms with Crippen LogP contribution in [0.25, 0.3) is 0 Å². The molecule has 0 atom stereocenters. The van der Waals surface area contributed by atoms with Gasteiger partial charge in [0.05, 0.1) is 22.9 Å². The van der Waals surface area contributed by atoms with Gasteiger partial charge in [0.2, 0.25) is 10.0 Å². The van der Waals surface area contributed by atoms with Gasteiger partial charge in [0, 0.05) is 24.6 Å². The van der Waals surface area contributed by atoms with Gasteiger partial charge in [-0.05, 0) is 42.2 Å². The number of hydrogen-bond acceptors (Lipinski definition) is 6. The summed E-state index contributed by atoms with van der Waals surface area (Å²) in [6.07, 6.45) is 2.10. The van der Waals surface area contributed by atoms with Gasteiger partial charge in [-0.15, -0.1) is 10.2 Å². The van der Waals surface area contributed by atoms with Gasteiger partial charge in [0.25, 0.3) is 5.69 Å². The molecule has 5 aromatic rings. The topological polar surface area (TPSA) is 111 Å². The van der Waals surface area contributed by atoms with Crippen LogP contribution in [0.4, 0.5) is 5.69 Å². The molecule has 0 fully saturated rings. The first kappa shape index (κ1) is 28.8. The quantitative estimate of drug-likeness (QED) is 0.133. The second-order valence-electron chi connectivity index (χ2n) is 10.1. The minimum atomic E-state index is -3.88. The maximum atomic E-state index is 14.0. The van der Waals surface area contributed by atoms with E-state index in [1.54, 1.807) is 47.3 Å². The van der Waals surface area contributed by atoms with E-state index in [0.29, 0.717) is 18.8 Å². The predicted molar refractivity (Wildman–Crippen MR) is 160 cm³/mol. The fraction of sp³-hybridized carbons (Fsp3) is 0.188. The Bertz CT molecular complexity index is 1680. The van der Waals surface area contributed by atoms with Crippen molar-refractivity contribution < 1.29 is 13.3 Å². The zero-order valence-electron chi connectivity index (χ0n) is 23.2. The number of hydrogen-bond donors (Lipinski definition) is 0. The van der Waals surface area contributed by atoms with Gasteiger partial charge in [-0.25, -0.2) is 8.42 Å². The third-order valence-corrected chi connectivity index (χ3v) is 9.10. The fourth-order valence-corrected chi connectivity index (χ4v) is 6.33. The van der Waals surface area contributed by atoms with E-state index in [0.717, 1.165) is 22.3 Å². The first-order valence-corrected chi connectivity index (χ1v) is 15.0. The number of aryl methyl sites for hydroxylation is 1. The summed E-state index contributed by atoms with van der Waals surface area (Å²) >= 11 is 0. The average molecular weight is 582 g/mol. The molecule has 0 aliphatic heterocycles. The molecule has 42 heavy (non-hydrogen) atoms. The van der Waals surface area contributed by atoms with Gasteiger partial charge in [-0.1, -0.05) is 90.5 Å². The lowest BCUT2D eigenvalue weighted by atomic mass is 9.88. The van der Waals surface area contributed by atoms with E-state index in [2.05, 4.69) is 34.5 Å². The van der Waals surface area contributed by atoms with Crippen molar-refractivity contribution in [1.82, 2.24) is 19.1 Å². The van der Waals surface area contributed by atoms with Crippen LogP contribution in [-0.4, -0.2) is 39.0 Å². The van der Waals surface area contributed by atoms with Crippen LogP contribution in [0.15, 0.2) is 120 Å². The lowest BCUT2D eigenvalue weighted by molar-refractivity contribution is -0.384. The number of rotatable bonds is 12. The summed E-state index contributed by atoms with van der Waals surface area (Å²) in [6.45, 7) is 2.52. The Kier molecular flexibility index (Phi) is 8.85. The Hall–Kier alpha value is -4.67. The maximum Gasteiger partial charge on any atom is 0.269 e. The molecule has 0 saturated carbocycles. The molecule has 1 aromatic heterocycles. The highest BCUT2D eigenvalue weighted by Gasteiger charge is 2.28. The standard InChI is InChI=1S/C32H31N5O4S/c1-25-12-18-30(19-13-25)42(40,41)36(21-20-31(27-8-4-2-5-9-27)28-10-6-3-7-11-28)23-32-34-33-24-35(32)22-26-14-16-29(17-15-26)37(38)39/h2-19,24,31H,20-23H2,1H3. The Labute approximate surface area is 245 Å². The van der Waals surface area contributed by atoms with E-state index < -0.39 is 14.9 Å². The van der Waals surface area contributed by atoms with Crippen LogP contribution in [0.3, 0.4) is 0 Å². The fourth-order valence-electron chi connectivity index (χ4n) is 4.92. The lowest BCUT2D eigenvalue weighted by Gasteiger charge is -2.25. The van der Waals surface area contributed by atoms with Gasteiger partial charge < -0.3 is 4.57 Å². The van der Waals surface area contributed by atoms with E-state index in [9.17, 15) is 18.5 Å². The molecule has 0 aliphatic rings. The molecule has 10 heteroatoms. The molecule has 0 bridgehead atoms. The number of nitro benzene ring substituents is 1. The summed E-state index contributed by atoms with van der Waals surface area (Å²) in [5.41, 5.74) is 4.00. The van der Waals surface area contributed by atoms with Gasteiger partial charge in [0.15, 0.2) is 0 Å². The number of benzene rings is 4. The maximum absolute atomic E-state index is 14.0. The Morgan fingerprint density at radius 1 is 0.857 bits per heavy atom. The minimum absolute atomic E-state index is 0.00415.